The number of hydrogen-bond acceptors (Lipinski definition) is 2. The first-order valence-electron chi connectivity index (χ1n) is 14.7. The molecule has 0 amide bonds. The van der Waals surface area contributed by atoms with Gasteiger partial charge in [0, 0.05) is 11.8 Å². The zero-order valence-corrected chi connectivity index (χ0v) is 23.8. The van der Waals surface area contributed by atoms with Gasteiger partial charge in [-0.1, -0.05) is 146 Å². The summed E-state index contributed by atoms with van der Waals surface area (Å²) in [6, 6.07) is 52.9. The molecule has 200 valence electrons. The molecule has 1 fully saturated rings. The topological polar surface area (TPSA) is 17.8 Å². The maximum Gasteiger partial charge on any atom is 0.132 e. The van der Waals surface area contributed by atoms with E-state index in [1.807, 2.05) is 0 Å². The lowest BCUT2D eigenvalue weighted by atomic mass is 9.69. The molecule has 0 spiro atoms. The highest BCUT2D eigenvalue weighted by molar-refractivity contribution is 8.02. The molecule has 1 saturated heterocycles. The van der Waals surface area contributed by atoms with Gasteiger partial charge in [-0.2, -0.15) is 0 Å². The first-order chi connectivity index (χ1) is 20.8. The largest absolute Gasteiger partial charge is 0.306 e. The summed E-state index contributed by atoms with van der Waals surface area (Å²) in [4.78, 5) is 5.06. The number of para-hydroxylation sites is 2. The predicted molar refractivity (Wildman–Crippen MR) is 173 cm³/mol. The molecule has 3 aliphatic rings. The van der Waals surface area contributed by atoms with Crippen LogP contribution >= 0.6 is 11.8 Å². The van der Waals surface area contributed by atoms with Crippen LogP contribution < -0.4 is 0 Å². The zero-order valence-electron chi connectivity index (χ0n) is 23.0. The quantitative estimate of drug-likeness (QED) is 0.216. The van der Waals surface area contributed by atoms with Crippen LogP contribution in [0.3, 0.4) is 0 Å². The average molecular weight is 557 g/mol. The number of aromatic nitrogens is 2. The molecule has 3 heteroatoms. The van der Waals surface area contributed by atoms with Crippen molar-refractivity contribution in [2.75, 3.05) is 0 Å². The summed E-state index contributed by atoms with van der Waals surface area (Å²) in [5.41, 5.74) is 10.1. The highest BCUT2D eigenvalue weighted by Gasteiger charge is 2.73. The second kappa shape index (κ2) is 8.95. The normalized spacial score (nSPS) is 25.1. The Morgan fingerprint density at radius 3 is 1.81 bits per heavy atom. The van der Waals surface area contributed by atoms with Crippen LogP contribution in [0.2, 0.25) is 0 Å². The van der Waals surface area contributed by atoms with E-state index in [2.05, 4.69) is 174 Å². The number of benzene rings is 5. The summed E-state index contributed by atoms with van der Waals surface area (Å²) >= 11 is 2.10. The van der Waals surface area contributed by atoms with E-state index in [1.165, 1.54) is 38.9 Å². The minimum Gasteiger partial charge on any atom is -0.306 e. The molecular weight excluding hydrogens is 529 g/mol. The molecule has 3 heterocycles. The van der Waals surface area contributed by atoms with Crippen molar-refractivity contribution < 1.29 is 0 Å². The van der Waals surface area contributed by atoms with Crippen molar-refractivity contribution in [2.24, 2.45) is 11.8 Å². The van der Waals surface area contributed by atoms with Gasteiger partial charge >= 0.3 is 0 Å². The Balaban J connectivity index is 1.43. The lowest BCUT2D eigenvalue weighted by Gasteiger charge is -2.40. The molecule has 9 rings (SSSR count). The number of hydrogen-bond donors (Lipinski definition) is 0. The van der Waals surface area contributed by atoms with Crippen molar-refractivity contribution in [3.63, 3.8) is 0 Å². The van der Waals surface area contributed by atoms with Crippen molar-refractivity contribution in [3.05, 3.63) is 191 Å². The van der Waals surface area contributed by atoms with Gasteiger partial charge in [0.05, 0.1) is 11.0 Å². The van der Waals surface area contributed by atoms with Gasteiger partial charge in [0.1, 0.15) is 15.4 Å². The van der Waals surface area contributed by atoms with E-state index in [-0.39, 0.29) is 21.5 Å². The maximum absolute atomic E-state index is 5.43. The zero-order chi connectivity index (χ0) is 27.7. The molecule has 1 aromatic heterocycles. The van der Waals surface area contributed by atoms with Crippen LogP contribution in [0.15, 0.2) is 163 Å². The summed E-state index contributed by atoms with van der Waals surface area (Å²) in [6.45, 7) is 0. The van der Waals surface area contributed by atoms with Crippen molar-refractivity contribution >= 4 is 28.4 Å². The molecule has 0 unspecified atom stereocenters. The van der Waals surface area contributed by atoms with Crippen LogP contribution in [0, 0.1) is 11.8 Å². The van der Waals surface area contributed by atoms with Gasteiger partial charge in [0.15, 0.2) is 0 Å². The SMILES string of the molecule is C1=C[C@H]2[C@@H](C1=C(c1ccccc1)c1ccccc1)[C@@]1(c3ccccc3)S[C@@]2(c2ccccc2)c2nc3ccccc3n21. The number of fused-ring (bicyclic) bond motifs is 10. The van der Waals surface area contributed by atoms with Gasteiger partial charge in [0.25, 0.3) is 0 Å². The van der Waals surface area contributed by atoms with E-state index in [0.717, 1.165) is 11.3 Å². The van der Waals surface area contributed by atoms with E-state index in [0.29, 0.717) is 0 Å². The van der Waals surface area contributed by atoms with E-state index in [1.54, 1.807) is 0 Å². The van der Waals surface area contributed by atoms with Gasteiger partial charge in [-0.3, -0.25) is 0 Å². The fraction of sp³-hybridized carbons (Fsp3) is 0.103. The lowest BCUT2D eigenvalue weighted by Crippen LogP contribution is -2.43. The van der Waals surface area contributed by atoms with Crippen LogP contribution in [-0.4, -0.2) is 9.55 Å². The first kappa shape index (κ1) is 24.0. The predicted octanol–water partition coefficient (Wildman–Crippen LogP) is 9.05. The van der Waals surface area contributed by atoms with Crippen LogP contribution in [0.25, 0.3) is 16.6 Å². The van der Waals surface area contributed by atoms with E-state index < -0.39 is 0 Å². The standard InChI is InChI=1S/C39H28N2S/c1-5-15-27(16-6-1)35(28-17-7-2-8-18-28)31-25-26-32-36(31)39(30-21-11-4-12-22-30)41-34-24-14-13-23-33(34)40-37(41)38(32,42-39)29-19-9-3-10-20-29/h1-26,32,36H/t32-,36+,38+,39+/m0/s1. The third-order valence-electron chi connectivity index (χ3n) is 9.41. The van der Waals surface area contributed by atoms with Crippen LogP contribution in [0.5, 0.6) is 0 Å². The molecule has 2 aliphatic heterocycles. The molecule has 2 nitrogen and oxygen atoms in total. The highest BCUT2D eigenvalue weighted by Crippen LogP contribution is 2.77. The fourth-order valence-corrected chi connectivity index (χ4v) is 10.1. The van der Waals surface area contributed by atoms with Crippen molar-refractivity contribution in [3.8, 4) is 0 Å². The van der Waals surface area contributed by atoms with E-state index >= 15 is 0 Å². The molecular formula is C39H28N2S. The second-order valence-electron chi connectivity index (χ2n) is 11.5. The molecule has 4 atom stereocenters. The number of rotatable bonds is 4. The summed E-state index contributed by atoms with van der Waals surface area (Å²) in [5.74, 6) is 1.61. The molecule has 2 bridgehead atoms. The molecule has 0 saturated carbocycles. The Hall–Kier alpha value is -4.60. The van der Waals surface area contributed by atoms with Crippen molar-refractivity contribution in [1.82, 2.24) is 9.55 Å². The first-order valence-corrected chi connectivity index (χ1v) is 15.5. The summed E-state index contributed by atoms with van der Waals surface area (Å²) in [5, 5.41) is 0. The molecule has 1 aliphatic carbocycles. The Morgan fingerprint density at radius 1 is 0.619 bits per heavy atom. The van der Waals surface area contributed by atoms with Gasteiger partial charge in [-0.15, -0.1) is 11.8 Å². The molecule has 5 aromatic carbocycles. The molecule has 42 heavy (non-hydrogen) atoms. The monoisotopic (exact) mass is 556 g/mol. The minimum atomic E-state index is -0.374. The van der Waals surface area contributed by atoms with Crippen LogP contribution in [0.1, 0.15) is 28.1 Å². The van der Waals surface area contributed by atoms with Gasteiger partial charge in [0.2, 0.25) is 0 Å². The third kappa shape index (κ3) is 3.04. The Labute approximate surface area is 250 Å². The summed E-state index contributed by atoms with van der Waals surface area (Å²) in [6.07, 6.45) is 4.94. The smallest absolute Gasteiger partial charge is 0.132 e. The van der Waals surface area contributed by atoms with Gasteiger partial charge in [-0.05, 0) is 45.5 Å². The molecule has 0 N–H and O–H groups in total. The van der Waals surface area contributed by atoms with Gasteiger partial charge in [-0.25, -0.2) is 4.98 Å². The summed E-state index contributed by atoms with van der Waals surface area (Å²) in [7, 11) is 0. The average Bonchev–Trinajstić information content (AvgIpc) is 3.81. The Kier molecular flexibility index (Phi) is 5.12. The minimum absolute atomic E-state index is 0.200. The lowest BCUT2D eigenvalue weighted by molar-refractivity contribution is 0.281. The third-order valence-corrected chi connectivity index (χ3v) is 11.4. The Bertz CT molecular complexity index is 1970. The number of thioether (sulfide) groups is 1. The summed E-state index contributed by atoms with van der Waals surface area (Å²) < 4.78 is 2.29. The number of allylic oxidation sites excluding steroid dienone is 3. The van der Waals surface area contributed by atoms with E-state index in [9.17, 15) is 0 Å². The highest BCUT2D eigenvalue weighted by atomic mass is 32.2. The van der Waals surface area contributed by atoms with Crippen LogP contribution in [0.4, 0.5) is 0 Å². The Morgan fingerprint density at radius 2 is 1.17 bits per heavy atom. The van der Waals surface area contributed by atoms with Gasteiger partial charge < -0.3 is 4.57 Å². The van der Waals surface area contributed by atoms with Crippen molar-refractivity contribution in [1.29, 1.82) is 0 Å². The second-order valence-corrected chi connectivity index (χ2v) is 12.9. The molecule has 0 radical (unpaired) electrons. The molecule has 6 aromatic rings. The van der Waals surface area contributed by atoms with Crippen molar-refractivity contribution in [2.45, 2.75) is 9.62 Å². The van der Waals surface area contributed by atoms with Crippen LogP contribution in [-0.2, 0) is 9.62 Å². The number of nitrogens with zero attached hydrogens (tertiary/aromatic N) is 2. The number of imidazole rings is 1. The van der Waals surface area contributed by atoms with E-state index in [4.69, 9.17) is 4.98 Å². The fourth-order valence-electron chi connectivity index (χ4n) is 7.87. The maximum atomic E-state index is 5.43.